The van der Waals surface area contributed by atoms with E-state index in [0.717, 1.165) is 5.75 Å². The molecule has 0 saturated heterocycles. The van der Waals surface area contributed by atoms with Crippen LogP contribution in [0.5, 0.6) is 17.2 Å². The Bertz CT molecular complexity index is 850. The van der Waals surface area contributed by atoms with Gasteiger partial charge < -0.3 is 19.3 Å². The molecule has 0 radical (unpaired) electrons. The maximum Gasteiger partial charge on any atom is 0.162 e. The van der Waals surface area contributed by atoms with Gasteiger partial charge in [0.2, 0.25) is 0 Å². The van der Waals surface area contributed by atoms with Gasteiger partial charge in [-0.3, -0.25) is 0 Å². The number of benzene rings is 2. The van der Waals surface area contributed by atoms with Crippen molar-refractivity contribution in [3.8, 4) is 17.2 Å². The fourth-order valence-electron chi connectivity index (χ4n) is 2.57. The van der Waals surface area contributed by atoms with Crippen molar-refractivity contribution in [2.24, 2.45) is 0 Å². The summed E-state index contributed by atoms with van der Waals surface area (Å²) in [6, 6.07) is 10.7. The van der Waals surface area contributed by atoms with Crippen molar-refractivity contribution < 1.29 is 19.3 Å². The smallest absolute Gasteiger partial charge is 0.162 e. The van der Waals surface area contributed by atoms with Crippen molar-refractivity contribution in [1.82, 2.24) is 9.97 Å². The second kappa shape index (κ2) is 6.72. The highest BCUT2D eigenvalue weighted by Crippen LogP contribution is 2.35. The first-order valence-electron chi connectivity index (χ1n) is 7.36. The van der Waals surface area contributed by atoms with Crippen LogP contribution in [0.4, 0.5) is 0 Å². The lowest BCUT2D eigenvalue weighted by atomic mass is 10.0. The van der Waals surface area contributed by atoms with Crippen LogP contribution in [0.25, 0.3) is 10.9 Å². The molecule has 0 fully saturated rings. The van der Waals surface area contributed by atoms with Crippen LogP contribution in [0.3, 0.4) is 0 Å². The second-order valence-corrected chi connectivity index (χ2v) is 5.16. The lowest BCUT2D eigenvalue weighted by Gasteiger charge is -2.15. The van der Waals surface area contributed by atoms with E-state index in [2.05, 4.69) is 9.97 Å². The van der Waals surface area contributed by atoms with Crippen LogP contribution < -0.4 is 14.2 Å². The molecule has 1 heterocycles. The van der Waals surface area contributed by atoms with Gasteiger partial charge in [-0.2, -0.15) is 0 Å². The van der Waals surface area contributed by atoms with E-state index in [1.807, 2.05) is 0 Å². The minimum Gasteiger partial charge on any atom is -0.497 e. The van der Waals surface area contributed by atoms with E-state index in [0.29, 0.717) is 33.7 Å². The van der Waals surface area contributed by atoms with Crippen LogP contribution in [0, 0.1) is 0 Å². The van der Waals surface area contributed by atoms with Gasteiger partial charge in [-0.25, -0.2) is 9.97 Å². The summed E-state index contributed by atoms with van der Waals surface area (Å²) in [6.07, 6.45) is 0.538. The number of hydrogen-bond donors (Lipinski definition) is 1. The highest BCUT2D eigenvalue weighted by molar-refractivity contribution is 5.85. The molecule has 24 heavy (non-hydrogen) atoms. The molecule has 2 aromatic carbocycles. The SMILES string of the molecule is COc1ccc(C(O)c2ncnc3cc(OC)c(OC)cc23)cc1. The number of aliphatic hydroxyl groups excluding tert-OH is 1. The van der Waals surface area contributed by atoms with Crippen LogP contribution in [0.1, 0.15) is 17.4 Å². The Labute approximate surface area is 139 Å². The van der Waals surface area contributed by atoms with Crippen LogP contribution in [-0.4, -0.2) is 36.4 Å². The predicted octanol–water partition coefficient (Wildman–Crippen LogP) is 2.74. The molecule has 6 nitrogen and oxygen atoms in total. The van der Waals surface area contributed by atoms with Gasteiger partial charge in [0.25, 0.3) is 0 Å². The summed E-state index contributed by atoms with van der Waals surface area (Å²) in [4.78, 5) is 8.52. The van der Waals surface area contributed by atoms with E-state index in [1.54, 1.807) is 57.7 Å². The number of ether oxygens (including phenoxy) is 3. The van der Waals surface area contributed by atoms with Gasteiger partial charge in [0.05, 0.1) is 32.5 Å². The Kier molecular flexibility index (Phi) is 4.48. The molecular weight excluding hydrogens is 308 g/mol. The van der Waals surface area contributed by atoms with E-state index < -0.39 is 6.10 Å². The topological polar surface area (TPSA) is 73.7 Å². The molecular formula is C18H18N2O4. The molecule has 0 aliphatic heterocycles. The van der Waals surface area contributed by atoms with Gasteiger partial charge in [0, 0.05) is 11.5 Å². The average molecular weight is 326 g/mol. The summed E-state index contributed by atoms with van der Waals surface area (Å²) in [5.41, 5.74) is 1.89. The Morgan fingerprint density at radius 2 is 1.54 bits per heavy atom. The van der Waals surface area contributed by atoms with Crippen molar-refractivity contribution in [2.45, 2.75) is 6.10 Å². The maximum absolute atomic E-state index is 10.7. The van der Waals surface area contributed by atoms with E-state index in [1.165, 1.54) is 6.33 Å². The molecule has 6 heteroatoms. The van der Waals surface area contributed by atoms with Gasteiger partial charge >= 0.3 is 0 Å². The Balaban J connectivity index is 2.10. The number of hydrogen-bond acceptors (Lipinski definition) is 6. The van der Waals surface area contributed by atoms with E-state index in [9.17, 15) is 5.11 Å². The molecule has 0 aliphatic rings. The van der Waals surface area contributed by atoms with Crippen molar-refractivity contribution >= 4 is 10.9 Å². The number of aromatic nitrogens is 2. The average Bonchev–Trinajstić information content (AvgIpc) is 2.65. The van der Waals surface area contributed by atoms with Gasteiger partial charge in [0.15, 0.2) is 11.5 Å². The highest BCUT2D eigenvalue weighted by Gasteiger charge is 2.18. The molecule has 1 N–H and O–H groups in total. The first-order valence-corrected chi connectivity index (χ1v) is 7.36. The summed E-state index contributed by atoms with van der Waals surface area (Å²) in [7, 11) is 4.73. The monoisotopic (exact) mass is 326 g/mol. The molecule has 0 amide bonds. The zero-order valence-electron chi connectivity index (χ0n) is 13.7. The van der Waals surface area contributed by atoms with Crippen LogP contribution in [0.2, 0.25) is 0 Å². The van der Waals surface area contributed by atoms with Crippen LogP contribution in [-0.2, 0) is 0 Å². The molecule has 1 unspecified atom stereocenters. The second-order valence-electron chi connectivity index (χ2n) is 5.16. The van der Waals surface area contributed by atoms with Crippen molar-refractivity contribution in [1.29, 1.82) is 0 Å². The third kappa shape index (κ3) is 2.83. The van der Waals surface area contributed by atoms with Gasteiger partial charge in [0.1, 0.15) is 18.2 Å². The van der Waals surface area contributed by atoms with Gasteiger partial charge in [-0.15, -0.1) is 0 Å². The summed E-state index contributed by atoms with van der Waals surface area (Å²) < 4.78 is 15.8. The summed E-state index contributed by atoms with van der Waals surface area (Å²) in [5, 5.41) is 11.4. The largest absolute Gasteiger partial charge is 0.497 e. The maximum atomic E-state index is 10.7. The fraction of sp³-hybridized carbons (Fsp3) is 0.222. The molecule has 0 aliphatic carbocycles. The Morgan fingerprint density at radius 1 is 0.875 bits per heavy atom. The molecule has 1 aromatic heterocycles. The normalized spacial score (nSPS) is 12.0. The third-order valence-corrected chi connectivity index (χ3v) is 3.86. The van der Waals surface area contributed by atoms with E-state index >= 15 is 0 Å². The quantitative estimate of drug-likeness (QED) is 0.777. The Hall–Kier alpha value is -2.86. The van der Waals surface area contributed by atoms with Crippen molar-refractivity contribution in [2.75, 3.05) is 21.3 Å². The highest BCUT2D eigenvalue weighted by atomic mass is 16.5. The Morgan fingerprint density at radius 3 is 2.17 bits per heavy atom. The first-order chi connectivity index (χ1) is 11.7. The van der Waals surface area contributed by atoms with Crippen molar-refractivity contribution in [3.05, 3.63) is 54.0 Å². The lowest BCUT2D eigenvalue weighted by Crippen LogP contribution is -2.04. The van der Waals surface area contributed by atoms with Crippen LogP contribution in [0.15, 0.2) is 42.7 Å². The predicted molar refractivity (Wildman–Crippen MR) is 89.7 cm³/mol. The van der Waals surface area contributed by atoms with Crippen LogP contribution >= 0.6 is 0 Å². The molecule has 124 valence electrons. The minimum absolute atomic E-state index is 0.506. The molecule has 1 atom stereocenters. The fourth-order valence-corrected chi connectivity index (χ4v) is 2.57. The first kappa shape index (κ1) is 16.0. The standard InChI is InChI=1S/C18H18N2O4/c1-22-12-6-4-11(5-7-12)18(21)17-13-8-15(23-2)16(24-3)9-14(13)19-10-20-17/h4-10,18,21H,1-3H3. The van der Waals surface area contributed by atoms with Gasteiger partial charge in [-0.1, -0.05) is 12.1 Å². The zero-order valence-corrected chi connectivity index (χ0v) is 13.7. The number of fused-ring (bicyclic) bond motifs is 1. The number of rotatable bonds is 5. The minimum atomic E-state index is -0.889. The lowest BCUT2D eigenvalue weighted by molar-refractivity contribution is 0.217. The number of nitrogens with zero attached hydrogens (tertiary/aromatic N) is 2. The zero-order chi connectivity index (χ0) is 17.1. The molecule has 0 spiro atoms. The molecule has 0 saturated carbocycles. The summed E-state index contributed by atoms with van der Waals surface area (Å²) in [5.74, 6) is 1.86. The molecule has 3 aromatic rings. The number of aliphatic hydroxyl groups is 1. The van der Waals surface area contributed by atoms with E-state index in [-0.39, 0.29) is 0 Å². The third-order valence-electron chi connectivity index (χ3n) is 3.86. The van der Waals surface area contributed by atoms with Crippen molar-refractivity contribution in [3.63, 3.8) is 0 Å². The molecule has 3 rings (SSSR count). The summed E-state index contributed by atoms with van der Waals surface area (Å²) in [6.45, 7) is 0. The van der Waals surface area contributed by atoms with E-state index in [4.69, 9.17) is 14.2 Å². The summed E-state index contributed by atoms with van der Waals surface area (Å²) >= 11 is 0. The van der Waals surface area contributed by atoms with Gasteiger partial charge in [-0.05, 0) is 23.8 Å². The number of methoxy groups -OCH3 is 3. The molecule has 0 bridgehead atoms.